The van der Waals surface area contributed by atoms with E-state index in [4.69, 9.17) is 0 Å². The molecule has 0 bridgehead atoms. The molecule has 1 saturated heterocycles. The van der Waals surface area contributed by atoms with E-state index in [9.17, 15) is 9.18 Å². The number of alkyl halides is 1. The van der Waals surface area contributed by atoms with Gasteiger partial charge in [-0.25, -0.2) is 4.39 Å². The van der Waals surface area contributed by atoms with Gasteiger partial charge < -0.3 is 10.2 Å². The van der Waals surface area contributed by atoms with Crippen LogP contribution in [0.15, 0.2) is 0 Å². The van der Waals surface area contributed by atoms with E-state index in [0.717, 1.165) is 39.0 Å². The van der Waals surface area contributed by atoms with Crippen LogP contribution < -0.4 is 5.32 Å². The first-order chi connectivity index (χ1) is 7.27. The second-order valence-electron chi connectivity index (χ2n) is 4.10. The van der Waals surface area contributed by atoms with Gasteiger partial charge in [-0.15, -0.1) is 0 Å². The van der Waals surface area contributed by atoms with Crippen molar-refractivity contribution in [2.45, 2.75) is 26.2 Å². The number of amides is 1. The number of halogens is 1. The predicted molar refractivity (Wildman–Crippen MR) is 58.4 cm³/mol. The second kappa shape index (κ2) is 6.77. The van der Waals surface area contributed by atoms with Gasteiger partial charge in [0.25, 0.3) is 5.91 Å². The fourth-order valence-corrected chi connectivity index (χ4v) is 2.04. The Hall–Kier alpha value is -0.640. The number of rotatable bonds is 5. The van der Waals surface area contributed by atoms with Crippen molar-refractivity contribution >= 4 is 5.91 Å². The minimum Gasteiger partial charge on any atom is -0.340 e. The molecule has 0 aromatic heterocycles. The molecule has 1 amide bonds. The van der Waals surface area contributed by atoms with Gasteiger partial charge >= 0.3 is 0 Å². The maximum atomic E-state index is 12.1. The lowest BCUT2D eigenvalue weighted by Crippen LogP contribution is -2.39. The van der Waals surface area contributed by atoms with Gasteiger partial charge in [0.2, 0.25) is 0 Å². The van der Waals surface area contributed by atoms with Gasteiger partial charge in [0.15, 0.2) is 6.67 Å². The Morgan fingerprint density at radius 3 is 2.67 bits per heavy atom. The van der Waals surface area contributed by atoms with Gasteiger partial charge in [-0.1, -0.05) is 6.92 Å². The summed E-state index contributed by atoms with van der Waals surface area (Å²) in [5, 5.41) is 3.30. The zero-order valence-corrected chi connectivity index (χ0v) is 9.47. The second-order valence-corrected chi connectivity index (χ2v) is 4.10. The molecule has 1 heterocycles. The number of hydrogen-bond acceptors (Lipinski definition) is 2. The van der Waals surface area contributed by atoms with Crippen LogP contribution in [0.2, 0.25) is 0 Å². The Labute approximate surface area is 91.0 Å². The van der Waals surface area contributed by atoms with E-state index in [1.165, 1.54) is 6.42 Å². The molecule has 3 nitrogen and oxygen atoms in total. The van der Waals surface area contributed by atoms with Crippen molar-refractivity contribution in [1.29, 1.82) is 0 Å². The van der Waals surface area contributed by atoms with E-state index in [2.05, 4.69) is 12.2 Å². The maximum absolute atomic E-state index is 12.1. The summed E-state index contributed by atoms with van der Waals surface area (Å²) in [6.07, 6.45) is 3.22. The number of nitrogens with zero attached hydrogens (tertiary/aromatic N) is 1. The van der Waals surface area contributed by atoms with Crippen molar-refractivity contribution < 1.29 is 9.18 Å². The Morgan fingerprint density at radius 1 is 1.47 bits per heavy atom. The molecule has 0 spiro atoms. The maximum Gasteiger partial charge on any atom is 0.253 e. The molecule has 0 unspecified atom stereocenters. The van der Waals surface area contributed by atoms with Crippen molar-refractivity contribution in [2.75, 3.05) is 32.9 Å². The third-order valence-corrected chi connectivity index (χ3v) is 3.06. The molecule has 0 aromatic rings. The molecule has 15 heavy (non-hydrogen) atoms. The number of carbonyl (C=O) groups is 1. The van der Waals surface area contributed by atoms with Crippen molar-refractivity contribution in [3.63, 3.8) is 0 Å². The molecule has 88 valence electrons. The fourth-order valence-electron chi connectivity index (χ4n) is 2.04. The summed E-state index contributed by atoms with van der Waals surface area (Å²) in [5.41, 5.74) is 0. The van der Waals surface area contributed by atoms with Crippen LogP contribution in [0.1, 0.15) is 26.2 Å². The van der Waals surface area contributed by atoms with Crippen molar-refractivity contribution in [3.05, 3.63) is 0 Å². The standard InChI is InChI=1S/C11H21FN2O/c1-2-13-6-3-10-4-7-14(8-5-10)11(15)9-12/h10,13H,2-9H2,1H3. The Balaban J connectivity index is 2.15. The van der Waals surface area contributed by atoms with Crippen LogP contribution in [0.5, 0.6) is 0 Å². The molecule has 1 N–H and O–H groups in total. The van der Waals surface area contributed by atoms with E-state index in [0.29, 0.717) is 5.92 Å². The quantitative estimate of drug-likeness (QED) is 0.700. The predicted octanol–water partition coefficient (Wildman–Crippen LogP) is 1.19. The van der Waals surface area contributed by atoms with Crippen LogP contribution >= 0.6 is 0 Å². The first kappa shape index (κ1) is 12.4. The molecule has 0 saturated carbocycles. The van der Waals surface area contributed by atoms with Gasteiger partial charge in [0.05, 0.1) is 0 Å². The number of carbonyl (C=O) groups excluding carboxylic acids is 1. The highest BCUT2D eigenvalue weighted by Gasteiger charge is 2.21. The highest BCUT2D eigenvalue weighted by Crippen LogP contribution is 2.19. The summed E-state index contributed by atoms with van der Waals surface area (Å²) in [6, 6.07) is 0. The summed E-state index contributed by atoms with van der Waals surface area (Å²) in [6.45, 7) is 4.79. The monoisotopic (exact) mass is 216 g/mol. The van der Waals surface area contributed by atoms with Crippen LogP contribution in [0.3, 0.4) is 0 Å². The molecular weight excluding hydrogens is 195 g/mol. The lowest BCUT2D eigenvalue weighted by atomic mass is 9.93. The van der Waals surface area contributed by atoms with Gasteiger partial charge in [0, 0.05) is 13.1 Å². The molecule has 1 aliphatic rings. The molecular formula is C11H21FN2O. The minimum atomic E-state index is -0.845. The molecule has 1 rings (SSSR count). The largest absolute Gasteiger partial charge is 0.340 e. The summed E-state index contributed by atoms with van der Waals surface area (Å²) < 4.78 is 12.1. The lowest BCUT2D eigenvalue weighted by Gasteiger charge is -2.31. The summed E-state index contributed by atoms with van der Waals surface area (Å²) in [4.78, 5) is 12.7. The van der Waals surface area contributed by atoms with Crippen LogP contribution in [0.25, 0.3) is 0 Å². The van der Waals surface area contributed by atoms with E-state index in [-0.39, 0.29) is 5.91 Å². The molecule has 4 heteroatoms. The zero-order chi connectivity index (χ0) is 11.1. The molecule has 1 aliphatic heterocycles. The average molecular weight is 216 g/mol. The SMILES string of the molecule is CCNCCC1CCN(C(=O)CF)CC1. The van der Waals surface area contributed by atoms with E-state index < -0.39 is 6.67 Å². The van der Waals surface area contributed by atoms with Crippen molar-refractivity contribution in [3.8, 4) is 0 Å². The third-order valence-electron chi connectivity index (χ3n) is 3.06. The average Bonchev–Trinajstić information content (AvgIpc) is 2.29. The highest BCUT2D eigenvalue weighted by molar-refractivity contribution is 5.77. The summed E-state index contributed by atoms with van der Waals surface area (Å²) in [7, 11) is 0. The zero-order valence-electron chi connectivity index (χ0n) is 9.47. The molecule has 0 atom stereocenters. The van der Waals surface area contributed by atoms with Gasteiger partial charge in [0.1, 0.15) is 0 Å². The Bertz CT molecular complexity index is 191. The Kier molecular flexibility index (Phi) is 5.61. The van der Waals surface area contributed by atoms with Crippen LogP contribution in [-0.2, 0) is 4.79 Å². The number of likely N-dealkylation sites (tertiary alicyclic amines) is 1. The van der Waals surface area contributed by atoms with Gasteiger partial charge in [-0.3, -0.25) is 4.79 Å². The van der Waals surface area contributed by atoms with E-state index in [1.54, 1.807) is 4.90 Å². The smallest absolute Gasteiger partial charge is 0.253 e. The van der Waals surface area contributed by atoms with Crippen molar-refractivity contribution in [1.82, 2.24) is 10.2 Å². The molecule has 0 aromatic carbocycles. The number of piperidine rings is 1. The van der Waals surface area contributed by atoms with E-state index in [1.807, 2.05) is 0 Å². The van der Waals surface area contributed by atoms with E-state index >= 15 is 0 Å². The topological polar surface area (TPSA) is 32.3 Å². The molecule has 0 aliphatic carbocycles. The normalized spacial score (nSPS) is 18.1. The molecule has 1 fully saturated rings. The van der Waals surface area contributed by atoms with Crippen LogP contribution in [0.4, 0.5) is 4.39 Å². The first-order valence-corrected chi connectivity index (χ1v) is 5.82. The highest BCUT2D eigenvalue weighted by atomic mass is 19.1. The van der Waals surface area contributed by atoms with Crippen LogP contribution in [0, 0.1) is 5.92 Å². The minimum absolute atomic E-state index is 0.347. The first-order valence-electron chi connectivity index (χ1n) is 5.82. The molecule has 0 radical (unpaired) electrons. The number of hydrogen-bond donors (Lipinski definition) is 1. The summed E-state index contributed by atoms with van der Waals surface area (Å²) >= 11 is 0. The third kappa shape index (κ3) is 4.16. The fraction of sp³-hybridized carbons (Fsp3) is 0.909. The van der Waals surface area contributed by atoms with Crippen molar-refractivity contribution in [2.24, 2.45) is 5.92 Å². The van der Waals surface area contributed by atoms with Crippen LogP contribution in [-0.4, -0.2) is 43.7 Å². The Morgan fingerprint density at radius 2 is 2.13 bits per heavy atom. The van der Waals surface area contributed by atoms with Gasteiger partial charge in [-0.2, -0.15) is 0 Å². The summed E-state index contributed by atoms with van der Waals surface area (Å²) in [5.74, 6) is 0.354. The lowest BCUT2D eigenvalue weighted by molar-refractivity contribution is -0.133. The van der Waals surface area contributed by atoms with Gasteiger partial charge in [-0.05, 0) is 38.3 Å². The number of nitrogens with one attached hydrogen (secondary N) is 1.